The lowest BCUT2D eigenvalue weighted by atomic mass is 9.97. The second kappa shape index (κ2) is 10.6. The van der Waals surface area contributed by atoms with E-state index in [1.54, 1.807) is 13.8 Å². The van der Waals surface area contributed by atoms with E-state index in [0.717, 1.165) is 5.56 Å². The molecule has 3 N–H and O–H groups in total. The highest BCUT2D eigenvalue weighted by Crippen LogP contribution is 2.16. The standard InChI is InChI=1S/C21H29N3O5/c1-14(2)19(23-17(25)11-15-7-4-3-5-8-15)21(28)29-13-18(26)24-10-6-9-16(12-24)20(22)27/h3-5,7-8,14,16,19H,6,9-13H2,1-2H3,(H2,22,27)(H,23,25)/t16-,19+/m1/s1. The van der Waals surface area contributed by atoms with Crippen LogP contribution in [0.3, 0.4) is 0 Å². The smallest absolute Gasteiger partial charge is 0.329 e. The molecular weight excluding hydrogens is 374 g/mol. The molecule has 2 atom stereocenters. The largest absolute Gasteiger partial charge is 0.454 e. The maximum atomic E-state index is 12.5. The summed E-state index contributed by atoms with van der Waals surface area (Å²) in [6.07, 6.45) is 1.48. The van der Waals surface area contributed by atoms with Crippen molar-refractivity contribution in [1.82, 2.24) is 10.2 Å². The van der Waals surface area contributed by atoms with Gasteiger partial charge >= 0.3 is 5.97 Å². The number of primary amides is 1. The molecule has 0 radical (unpaired) electrons. The van der Waals surface area contributed by atoms with Gasteiger partial charge in [-0.15, -0.1) is 0 Å². The molecule has 0 bridgehead atoms. The zero-order valence-corrected chi connectivity index (χ0v) is 16.9. The van der Waals surface area contributed by atoms with Crippen LogP contribution < -0.4 is 11.1 Å². The number of rotatable bonds is 8. The first kappa shape index (κ1) is 22.4. The van der Waals surface area contributed by atoms with E-state index in [1.807, 2.05) is 30.3 Å². The summed E-state index contributed by atoms with van der Waals surface area (Å²) in [4.78, 5) is 49.9. The lowest BCUT2D eigenvalue weighted by Gasteiger charge is -2.31. The molecule has 1 saturated heterocycles. The molecule has 0 aliphatic carbocycles. The Balaban J connectivity index is 1.86. The Morgan fingerprint density at radius 1 is 1.21 bits per heavy atom. The van der Waals surface area contributed by atoms with Crippen LogP contribution in [-0.2, 0) is 30.3 Å². The Hall–Kier alpha value is -2.90. The summed E-state index contributed by atoms with van der Waals surface area (Å²) in [5.74, 6) is -2.32. The lowest BCUT2D eigenvalue weighted by Crippen LogP contribution is -2.48. The predicted octanol–water partition coefficient (Wildman–Crippen LogP) is 0.637. The number of hydrogen-bond donors (Lipinski definition) is 2. The first-order valence-corrected chi connectivity index (χ1v) is 9.85. The van der Waals surface area contributed by atoms with Gasteiger partial charge in [-0.2, -0.15) is 0 Å². The quantitative estimate of drug-likeness (QED) is 0.618. The van der Waals surface area contributed by atoms with Crippen LogP contribution in [0.4, 0.5) is 0 Å². The molecule has 1 fully saturated rings. The molecule has 8 nitrogen and oxygen atoms in total. The van der Waals surface area contributed by atoms with Gasteiger partial charge in [-0.1, -0.05) is 44.2 Å². The summed E-state index contributed by atoms with van der Waals surface area (Å²) in [6, 6.07) is 8.36. The molecule has 2 rings (SSSR count). The number of likely N-dealkylation sites (tertiary alicyclic amines) is 1. The van der Waals surface area contributed by atoms with Crippen LogP contribution in [0.2, 0.25) is 0 Å². The Morgan fingerprint density at radius 2 is 1.90 bits per heavy atom. The molecule has 29 heavy (non-hydrogen) atoms. The van der Waals surface area contributed by atoms with Gasteiger partial charge in [0.15, 0.2) is 6.61 Å². The molecule has 0 aromatic heterocycles. The fraction of sp³-hybridized carbons (Fsp3) is 0.524. The van der Waals surface area contributed by atoms with Crippen LogP contribution in [0.1, 0.15) is 32.3 Å². The third kappa shape index (κ3) is 6.89. The molecule has 0 saturated carbocycles. The Bertz CT molecular complexity index is 735. The summed E-state index contributed by atoms with van der Waals surface area (Å²) >= 11 is 0. The van der Waals surface area contributed by atoms with Crippen LogP contribution in [0.15, 0.2) is 30.3 Å². The molecule has 1 aliphatic rings. The summed E-state index contributed by atoms with van der Waals surface area (Å²) in [5.41, 5.74) is 6.16. The van der Waals surface area contributed by atoms with Gasteiger partial charge in [-0.05, 0) is 24.3 Å². The molecule has 1 heterocycles. The van der Waals surface area contributed by atoms with Gasteiger partial charge in [-0.3, -0.25) is 14.4 Å². The molecule has 1 aromatic carbocycles. The maximum absolute atomic E-state index is 12.5. The van der Waals surface area contributed by atoms with E-state index in [-0.39, 0.29) is 36.6 Å². The van der Waals surface area contributed by atoms with E-state index in [9.17, 15) is 19.2 Å². The number of carbonyl (C=O) groups is 4. The minimum absolute atomic E-state index is 0.151. The number of nitrogens with one attached hydrogen (secondary N) is 1. The van der Waals surface area contributed by atoms with Gasteiger partial charge in [0.05, 0.1) is 12.3 Å². The van der Waals surface area contributed by atoms with Crippen molar-refractivity contribution in [1.29, 1.82) is 0 Å². The number of benzene rings is 1. The van der Waals surface area contributed by atoms with E-state index in [0.29, 0.717) is 19.4 Å². The van der Waals surface area contributed by atoms with Crippen LogP contribution >= 0.6 is 0 Å². The molecule has 1 aliphatic heterocycles. The van der Waals surface area contributed by atoms with Crippen molar-refractivity contribution >= 4 is 23.7 Å². The summed E-state index contributed by atoms with van der Waals surface area (Å²) in [6.45, 7) is 3.90. The summed E-state index contributed by atoms with van der Waals surface area (Å²) in [5, 5.41) is 2.69. The lowest BCUT2D eigenvalue weighted by molar-refractivity contribution is -0.156. The van der Waals surface area contributed by atoms with E-state index in [4.69, 9.17) is 10.5 Å². The van der Waals surface area contributed by atoms with Gasteiger partial charge < -0.3 is 20.7 Å². The zero-order chi connectivity index (χ0) is 21.4. The number of nitrogens with two attached hydrogens (primary N) is 1. The van der Waals surface area contributed by atoms with Crippen molar-refractivity contribution in [3.05, 3.63) is 35.9 Å². The molecule has 0 unspecified atom stereocenters. The van der Waals surface area contributed by atoms with Crippen molar-refractivity contribution in [2.45, 2.75) is 39.2 Å². The van der Waals surface area contributed by atoms with Gasteiger partial charge in [0.25, 0.3) is 5.91 Å². The third-order valence-electron chi connectivity index (χ3n) is 4.96. The second-order valence-electron chi connectivity index (χ2n) is 7.64. The average molecular weight is 403 g/mol. The van der Waals surface area contributed by atoms with Crippen molar-refractivity contribution in [3.63, 3.8) is 0 Å². The number of esters is 1. The van der Waals surface area contributed by atoms with Crippen molar-refractivity contribution in [2.75, 3.05) is 19.7 Å². The summed E-state index contributed by atoms with van der Waals surface area (Å²) < 4.78 is 5.17. The van der Waals surface area contributed by atoms with E-state index >= 15 is 0 Å². The predicted molar refractivity (Wildman–Crippen MR) is 106 cm³/mol. The minimum Gasteiger partial charge on any atom is -0.454 e. The van der Waals surface area contributed by atoms with Crippen molar-refractivity contribution < 1.29 is 23.9 Å². The van der Waals surface area contributed by atoms with Crippen molar-refractivity contribution in [3.8, 4) is 0 Å². The molecule has 0 spiro atoms. The Morgan fingerprint density at radius 3 is 2.52 bits per heavy atom. The number of ether oxygens (including phenoxy) is 1. The molecule has 3 amide bonds. The van der Waals surface area contributed by atoms with E-state index in [1.165, 1.54) is 4.90 Å². The summed E-state index contributed by atoms with van der Waals surface area (Å²) in [7, 11) is 0. The van der Waals surface area contributed by atoms with E-state index in [2.05, 4.69) is 5.32 Å². The Kier molecular flexibility index (Phi) is 8.18. The average Bonchev–Trinajstić information content (AvgIpc) is 2.70. The monoisotopic (exact) mass is 403 g/mol. The molecular formula is C21H29N3O5. The normalized spacial score (nSPS) is 17.5. The van der Waals surface area contributed by atoms with Gasteiger partial charge in [0.1, 0.15) is 6.04 Å². The first-order valence-electron chi connectivity index (χ1n) is 9.85. The van der Waals surface area contributed by atoms with Gasteiger partial charge in [-0.25, -0.2) is 4.79 Å². The van der Waals surface area contributed by atoms with Crippen molar-refractivity contribution in [2.24, 2.45) is 17.6 Å². The Labute approximate surface area is 170 Å². The number of piperidine rings is 1. The molecule has 1 aromatic rings. The maximum Gasteiger partial charge on any atom is 0.329 e. The van der Waals surface area contributed by atoms with Crippen LogP contribution in [-0.4, -0.2) is 54.3 Å². The van der Waals surface area contributed by atoms with Gasteiger partial charge in [0, 0.05) is 13.1 Å². The van der Waals surface area contributed by atoms with Crippen LogP contribution in [0.25, 0.3) is 0 Å². The number of amides is 3. The number of carbonyl (C=O) groups excluding carboxylic acids is 4. The minimum atomic E-state index is -0.848. The van der Waals surface area contributed by atoms with Crippen LogP contribution in [0.5, 0.6) is 0 Å². The molecule has 8 heteroatoms. The molecule has 158 valence electrons. The zero-order valence-electron chi connectivity index (χ0n) is 16.9. The second-order valence-corrected chi connectivity index (χ2v) is 7.64. The first-order chi connectivity index (χ1) is 13.8. The van der Waals surface area contributed by atoms with E-state index < -0.39 is 24.5 Å². The number of nitrogens with zero attached hydrogens (tertiary/aromatic N) is 1. The third-order valence-corrected chi connectivity index (χ3v) is 4.96. The highest BCUT2D eigenvalue weighted by atomic mass is 16.5. The fourth-order valence-corrected chi connectivity index (χ4v) is 3.25. The SMILES string of the molecule is CC(C)[C@H](NC(=O)Cc1ccccc1)C(=O)OCC(=O)N1CCC[C@@H](C(N)=O)C1. The topological polar surface area (TPSA) is 119 Å². The van der Waals surface area contributed by atoms with Crippen LogP contribution in [0, 0.1) is 11.8 Å². The highest BCUT2D eigenvalue weighted by molar-refractivity contribution is 5.87. The van der Waals surface area contributed by atoms with Gasteiger partial charge in [0.2, 0.25) is 11.8 Å². The fourth-order valence-electron chi connectivity index (χ4n) is 3.25. The highest BCUT2D eigenvalue weighted by Gasteiger charge is 2.29. The number of hydrogen-bond acceptors (Lipinski definition) is 5.